The molecule has 0 radical (unpaired) electrons. The number of benzene rings is 3. The summed E-state index contributed by atoms with van der Waals surface area (Å²) < 4.78 is 4.99. The molecule has 0 aliphatic rings. The van der Waals surface area contributed by atoms with Gasteiger partial charge in [0.05, 0.1) is 5.69 Å². The van der Waals surface area contributed by atoms with E-state index in [2.05, 4.69) is 38.1 Å². The van der Waals surface area contributed by atoms with Crippen LogP contribution < -0.4 is 5.56 Å². The Morgan fingerprint density at radius 2 is 1.64 bits per heavy atom. The largest absolute Gasteiger partial charge is 0.286 e. The highest BCUT2D eigenvalue weighted by atomic mass is 35.5. The highest BCUT2D eigenvalue weighted by molar-refractivity contribution is 7.98. The monoisotopic (exact) mass is 549 g/mol. The number of halogens is 1. The summed E-state index contributed by atoms with van der Waals surface area (Å²) in [7, 11) is 0. The highest BCUT2D eigenvalue weighted by Crippen LogP contribution is 2.30. The Morgan fingerprint density at radius 3 is 2.33 bits per heavy atom. The van der Waals surface area contributed by atoms with Crippen molar-refractivity contribution in [3.8, 4) is 5.69 Å². The molecule has 0 atom stereocenters. The quantitative estimate of drug-likeness (QED) is 0.118. The number of rotatable bonds is 7. The Bertz CT molecular complexity index is 1630. The van der Waals surface area contributed by atoms with Gasteiger partial charge >= 0.3 is 0 Å². The standard InChI is InChI=1S/C28H24ClN3OS3/c1-18-7-6-8-19(2)23(18)32-25-24(36-28(32)34)26(33)31(16-15-20-9-4-3-5-10-20)27(30-25)35-17-21-11-13-22(29)14-12-21/h3-14H,15-17H2,1-2H3. The van der Waals surface area contributed by atoms with E-state index in [-0.39, 0.29) is 5.56 Å². The van der Waals surface area contributed by atoms with Crippen LogP contribution in [-0.4, -0.2) is 14.1 Å². The van der Waals surface area contributed by atoms with Crippen LogP contribution in [0.3, 0.4) is 0 Å². The molecule has 0 aliphatic heterocycles. The second-order valence-electron chi connectivity index (χ2n) is 8.60. The SMILES string of the molecule is Cc1cccc(C)c1-n1c(=S)sc2c(=O)n(CCc3ccccc3)c(SCc3ccc(Cl)cc3)nc21. The predicted molar refractivity (Wildman–Crippen MR) is 155 cm³/mol. The van der Waals surface area contributed by atoms with E-state index in [4.69, 9.17) is 28.8 Å². The second kappa shape index (κ2) is 10.7. The van der Waals surface area contributed by atoms with Gasteiger partial charge in [0.1, 0.15) is 4.70 Å². The Morgan fingerprint density at radius 1 is 0.944 bits per heavy atom. The van der Waals surface area contributed by atoms with Crippen LogP contribution >= 0.6 is 46.9 Å². The first-order chi connectivity index (χ1) is 17.4. The smallest absolute Gasteiger partial charge is 0.273 e. The van der Waals surface area contributed by atoms with Gasteiger partial charge in [-0.25, -0.2) is 4.98 Å². The minimum atomic E-state index is -0.0457. The van der Waals surface area contributed by atoms with Gasteiger partial charge in [-0.05, 0) is 66.9 Å². The number of nitrogens with zero attached hydrogens (tertiary/aromatic N) is 3. The van der Waals surface area contributed by atoms with E-state index in [0.717, 1.165) is 28.8 Å². The summed E-state index contributed by atoms with van der Waals surface area (Å²) in [5.41, 5.74) is 6.06. The minimum Gasteiger partial charge on any atom is -0.286 e. The molecule has 0 bridgehead atoms. The van der Waals surface area contributed by atoms with Crippen LogP contribution in [0.5, 0.6) is 0 Å². The van der Waals surface area contributed by atoms with Crippen molar-refractivity contribution in [2.24, 2.45) is 0 Å². The fourth-order valence-electron chi connectivity index (χ4n) is 4.24. The third kappa shape index (κ3) is 5.06. The number of fused-ring (bicyclic) bond motifs is 1. The third-order valence-corrected chi connectivity index (χ3v) is 8.72. The summed E-state index contributed by atoms with van der Waals surface area (Å²) in [5.74, 6) is 0.675. The molecule has 0 spiro atoms. The Labute approximate surface area is 228 Å². The number of thioether (sulfide) groups is 1. The summed E-state index contributed by atoms with van der Waals surface area (Å²) in [6, 6.07) is 24.1. The molecule has 2 heterocycles. The number of para-hydroxylation sites is 1. The van der Waals surface area contributed by atoms with Gasteiger partial charge in [0.25, 0.3) is 5.56 Å². The van der Waals surface area contributed by atoms with E-state index < -0.39 is 0 Å². The maximum atomic E-state index is 13.8. The van der Waals surface area contributed by atoms with E-state index in [1.54, 1.807) is 16.3 Å². The van der Waals surface area contributed by atoms with Gasteiger partial charge < -0.3 is 0 Å². The van der Waals surface area contributed by atoms with Crippen molar-refractivity contribution in [1.29, 1.82) is 0 Å². The van der Waals surface area contributed by atoms with E-state index in [1.807, 2.05) is 53.1 Å². The zero-order chi connectivity index (χ0) is 25.2. The fourth-order valence-corrected chi connectivity index (χ4v) is 6.64. The van der Waals surface area contributed by atoms with Crippen molar-refractivity contribution >= 4 is 57.3 Å². The molecule has 5 aromatic rings. The second-order valence-corrected chi connectivity index (χ2v) is 11.6. The maximum Gasteiger partial charge on any atom is 0.273 e. The fraction of sp³-hybridized carbons (Fsp3) is 0.179. The molecule has 8 heteroatoms. The number of hydrogen-bond acceptors (Lipinski definition) is 5. The number of thiazole rings is 1. The van der Waals surface area contributed by atoms with Crippen LogP contribution in [0.4, 0.5) is 0 Å². The molecule has 0 saturated carbocycles. The molecule has 0 unspecified atom stereocenters. The zero-order valence-corrected chi connectivity index (χ0v) is 23.1. The normalized spacial score (nSPS) is 11.3. The molecule has 4 nitrogen and oxygen atoms in total. The average Bonchev–Trinajstić information content (AvgIpc) is 3.20. The van der Waals surface area contributed by atoms with Gasteiger partial charge in [-0.1, -0.05) is 95.4 Å². The minimum absolute atomic E-state index is 0.0457. The third-order valence-electron chi connectivity index (χ3n) is 6.07. The number of aromatic nitrogens is 3. The molecule has 0 fully saturated rings. The van der Waals surface area contributed by atoms with E-state index >= 15 is 0 Å². The van der Waals surface area contributed by atoms with Crippen molar-refractivity contribution < 1.29 is 0 Å². The average molecular weight is 550 g/mol. The van der Waals surface area contributed by atoms with Gasteiger partial charge in [0.15, 0.2) is 14.8 Å². The van der Waals surface area contributed by atoms with Gasteiger partial charge in [0, 0.05) is 17.3 Å². The highest BCUT2D eigenvalue weighted by Gasteiger charge is 2.19. The molecule has 2 aromatic heterocycles. The topological polar surface area (TPSA) is 39.8 Å². The predicted octanol–water partition coefficient (Wildman–Crippen LogP) is 7.78. The Hall–Kier alpha value is -2.71. The first-order valence-corrected chi connectivity index (χ1v) is 14.2. The maximum absolute atomic E-state index is 13.8. The molecule has 36 heavy (non-hydrogen) atoms. The van der Waals surface area contributed by atoms with Gasteiger partial charge in [0.2, 0.25) is 0 Å². The van der Waals surface area contributed by atoms with Gasteiger partial charge in [-0.2, -0.15) is 0 Å². The van der Waals surface area contributed by atoms with Crippen LogP contribution in [0.2, 0.25) is 5.02 Å². The lowest BCUT2D eigenvalue weighted by Gasteiger charge is -2.15. The zero-order valence-electron chi connectivity index (χ0n) is 19.9. The molecule has 0 amide bonds. The molecular weight excluding hydrogens is 526 g/mol. The van der Waals surface area contributed by atoms with Crippen LogP contribution in [0.15, 0.2) is 82.7 Å². The molecule has 0 N–H and O–H groups in total. The van der Waals surface area contributed by atoms with Crippen molar-refractivity contribution in [3.63, 3.8) is 0 Å². The molecule has 3 aromatic carbocycles. The van der Waals surface area contributed by atoms with Gasteiger partial charge in [-0.15, -0.1) is 0 Å². The van der Waals surface area contributed by atoms with Crippen molar-refractivity contribution in [3.05, 3.63) is 114 Å². The van der Waals surface area contributed by atoms with E-state index in [0.29, 0.717) is 36.8 Å². The lowest BCUT2D eigenvalue weighted by atomic mass is 10.1. The van der Waals surface area contributed by atoms with Crippen LogP contribution in [0.1, 0.15) is 22.3 Å². The van der Waals surface area contributed by atoms with Crippen LogP contribution in [0.25, 0.3) is 16.0 Å². The summed E-state index contributed by atoms with van der Waals surface area (Å²) in [4.78, 5) is 18.9. The molecular formula is C28H24ClN3OS3. The number of aryl methyl sites for hydroxylation is 3. The molecule has 182 valence electrons. The first-order valence-electron chi connectivity index (χ1n) is 11.6. The Kier molecular flexibility index (Phi) is 7.44. The first kappa shape index (κ1) is 25.0. The van der Waals surface area contributed by atoms with Crippen LogP contribution in [0, 0.1) is 17.8 Å². The summed E-state index contributed by atoms with van der Waals surface area (Å²) in [6.07, 6.45) is 0.742. The van der Waals surface area contributed by atoms with Crippen LogP contribution in [-0.2, 0) is 18.7 Å². The van der Waals surface area contributed by atoms with E-state index in [9.17, 15) is 4.79 Å². The van der Waals surface area contributed by atoms with Crippen molar-refractivity contribution in [2.45, 2.75) is 37.7 Å². The lowest BCUT2D eigenvalue weighted by Crippen LogP contribution is -2.24. The number of hydrogen-bond donors (Lipinski definition) is 0. The van der Waals surface area contributed by atoms with Gasteiger partial charge in [-0.3, -0.25) is 13.9 Å². The van der Waals surface area contributed by atoms with Crippen molar-refractivity contribution in [1.82, 2.24) is 14.1 Å². The molecule has 0 aliphatic carbocycles. The summed E-state index contributed by atoms with van der Waals surface area (Å²) in [5, 5.41) is 1.39. The molecule has 5 rings (SSSR count). The van der Waals surface area contributed by atoms with Crippen molar-refractivity contribution in [2.75, 3.05) is 0 Å². The lowest BCUT2D eigenvalue weighted by molar-refractivity contribution is 0.594. The Balaban J connectivity index is 1.64. The summed E-state index contributed by atoms with van der Waals surface area (Å²) >= 11 is 14.7. The summed E-state index contributed by atoms with van der Waals surface area (Å²) in [6.45, 7) is 4.67. The molecule has 0 saturated heterocycles. The van der Waals surface area contributed by atoms with E-state index in [1.165, 1.54) is 16.9 Å².